The van der Waals surface area contributed by atoms with E-state index in [9.17, 15) is 23.1 Å². The number of hydrogen-bond acceptors (Lipinski definition) is 4. The normalized spacial score (nSPS) is 10.7. The highest BCUT2D eigenvalue weighted by molar-refractivity contribution is 5.93. The Labute approximate surface area is 120 Å². The lowest BCUT2D eigenvalue weighted by Crippen LogP contribution is -2.11. The summed E-state index contributed by atoms with van der Waals surface area (Å²) in [5, 5.41) is 18.4. The number of rotatable bonds is 7. The van der Waals surface area contributed by atoms with Crippen molar-refractivity contribution in [2.45, 2.75) is 39.0 Å². The first-order valence-corrected chi connectivity index (χ1v) is 6.67. The molecule has 0 unspecified atom stereocenters. The van der Waals surface area contributed by atoms with E-state index in [0.717, 1.165) is 25.7 Å². The molecule has 0 bridgehead atoms. The maximum Gasteiger partial charge on any atom is 0.345 e. The number of hydrogen-bond donors (Lipinski definition) is 2. The van der Waals surface area contributed by atoms with Crippen molar-refractivity contribution in [2.24, 2.45) is 0 Å². The molecule has 0 aliphatic rings. The van der Waals surface area contributed by atoms with Gasteiger partial charge >= 0.3 is 5.97 Å². The molecule has 4 nitrogen and oxygen atoms in total. The molecule has 7 heteroatoms. The molecular weight excluding hydrogens is 289 g/mol. The van der Waals surface area contributed by atoms with E-state index in [1.54, 1.807) is 0 Å². The van der Waals surface area contributed by atoms with Crippen molar-refractivity contribution in [3.8, 4) is 11.5 Å². The number of halogens is 3. The van der Waals surface area contributed by atoms with Crippen molar-refractivity contribution in [1.82, 2.24) is 0 Å². The fourth-order valence-corrected chi connectivity index (χ4v) is 1.77. The topological polar surface area (TPSA) is 66.8 Å². The summed E-state index contributed by atoms with van der Waals surface area (Å²) in [6.45, 7) is 2.00. The summed E-state index contributed by atoms with van der Waals surface area (Å²) in [6.07, 6.45) is 4.38. The van der Waals surface area contributed by atoms with Crippen LogP contribution in [0.15, 0.2) is 0 Å². The Balaban J connectivity index is 2.71. The fraction of sp³-hybridized carbons (Fsp3) is 0.500. The largest absolute Gasteiger partial charge is 0.504 e. The summed E-state index contributed by atoms with van der Waals surface area (Å²) in [5.41, 5.74) is -1.21. The minimum absolute atomic E-state index is 0.0405. The van der Waals surface area contributed by atoms with Gasteiger partial charge < -0.3 is 14.9 Å². The maximum atomic E-state index is 13.4. The van der Waals surface area contributed by atoms with Crippen LogP contribution in [0.5, 0.6) is 11.5 Å². The summed E-state index contributed by atoms with van der Waals surface area (Å²) in [6, 6.07) is 0. The summed E-state index contributed by atoms with van der Waals surface area (Å²) >= 11 is 0. The van der Waals surface area contributed by atoms with Crippen molar-refractivity contribution < 1.29 is 32.9 Å². The van der Waals surface area contributed by atoms with Crippen molar-refractivity contribution in [2.75, 3.05) is 6.61 Å². The van der Waals surface area contributed by atoms with Gasteiger partial charge in [0.15, 0.2) is 23.1 Å². The predicted octanol–water partition coefficient (Wildman–Crippen LogP) is 3.64. The van der Waals surface area contributed by atoms with E-state index in [-0.39, 0.29) is 6.61 Å². The highest BCUT2D eigenvalue weighted by atomic mass is 19.2. The molecule has 0 fully saturated rings. The highest BCUT2D eigenvalue weighted by Crippen LogP contribution is 2.36. The van der Waals surface area contributed by atoms with Crippen LogP contribution < -0.4 is 0 Å². The van der Waals surface area contributed by atoms with Gasteiger partial charge in [-0.15, -0.1) is 0 Å². The van der Waals surface area contributed by atoms with Crippen LogP contribution in [-0.4, -0.2) is 22.8 Å². The van der Waals surface area contributed by atoms with Gasteiger partial charge in [-0.1, -0.05) is 32.6 Å². The number of phenols is 2. The minimum Gasteiger partial charge on any atom is -0.504 e. The quantitative estimate of drug-likeness (QED) is 0.349. The zero-order valence-corrected chi connectivity index (χ0v) is 11.6. The van der Waals surface area contributed by atoms with Gasteiger partial charge in [0.2, 0.25) is 5.82 Å². The van der Waals surface area contributed by atoms with Crippen LogP contribution in [0.4, 0.5) is 13.2 Å². The van der Waals surface area contributed by atoms with E-state index in [1.165, 1.54) is 0 Å². The van der Waals surface area contributed by atoms with E-state index in [2.05, 4.69) is 4.74 Å². The molecule has 1 aromatic carbocycles. The first kappa shape index (κ1) is 17.1. The zero-order valence-electron chi connectivity index (χ0n) is 11.6. The lowest BCUT2D eigenvalue weighted by molar-refractivity contribution is 0.0486. The van der Waals surface area contributed by atoms with E-state index in [0.29, 0.717) is 6.42 Å². The SMILES string of the molecule is CCCCCCCOC(=O)c1c(O)c(O)c(F)c(F)c1F. The van der Waals surface area contributed by atoms with Gasteiger partial charge in [0.25, 0.3) is 0 Å². The van der Waals surface area contributed by atoms with E-state index in [4.69, 9.17) is 5.11 Å². The van der Waals surface area contributed by atoms with Gasteiger partial charge in [-0.2, -0.15) is 4.39 Å². The Hall–Kier alpha value is -1.92. The summed E-state index contributed by atoms with van der Waals surface area (Å²) in [7, 11) is 0. The molecule has 1 aromatic rings. The second kappa shape index (κ2) is 7.75. The molecular formula is C14H17F3O4. The third-order valence-electron chi connectivity index (χ3n) is 2.96. The molecule has 0 radical (unpaired) electrons. The fourth-order valence-electron chi connectivity index (χ4n) is 1.77. The number of benzene rings is 1. The number of unbranched alkanes of at least 4 members (excludes halogenated alkanes) is 4. The molecule has 1 rings (SSSR count). The van der Waals surface area contributed by atoms with Crippen LogP contribution in [0.3, 0.4) is 0 Å². The smallest absolute Gasteiger partial charge is 0.345 e. The average molecular weight is 306 g/mol. The maximum absolute atomic E-state index is 13.4. The van der Waals surface area contributed by atoms with Crippen LogP contribution in [0.25, 0.3) is 0 Å². The molecule has 0 saturated carbocycles. The Morgan fingerprint density at radius 3 is 2.19 bits per heavy atom. The molecule has 0 atom stereocenters. The standard InChI is InChI=1S/C14H17F3O4/c1-2-3-4-5-6-7-21-14(20)8-9(15)10(16)11(17)13(19)12(8)18/h18-19H,2-7H2,1H3. The van der Waals surface area contributed by atoms with Gasteiger partial charge in [-0.05, 0) is 6.42 Å². The lowest BCUT2D eigenvalue weighted by Gasteiger charge is -2.10. The zero-order chi connectivity index (χ0) is 16.0. The first-order valence-electron chi connectivity index (χ1n) is 6.67. The Morgan fingerprint density at radius 2 is 1.57 bits per heavy atom. The second-order valence-electron chi connectivity index (χ2n) is 4.56. The Morgan fingerprint density at radius 1 is 0.952 bits per heavy atom. The molecule has 0 spiro atoms. The Kier molecular flexibility index (Phi) is 6.33. The average Bonchev–Trinajstić information content (AvgIpc) is 2.47. The number of esters is 1. The molecule has 0 heterocycles. The van der Waals surface area contributed by atoms with Gasteiger partial charge in [0.1, 0.15) is 5.56 Å². The van der Waals surface area contributed by atoms with Crippen LogP contribution in [0, 0.1) is 17.5 Å². The summed E-state index contributed by atoms with van der Waals surface area (Å²) in [4.78, 5) is 11.6. The van der Waals surface area contributed by atoms with Gasteiger partial charge in [-0.3, -0.25) is 0 Å². The number of carbonyl (C=O) groups is 1. The molecule has 21 heavy (non-hydrogen) atoms. The van der Waals surface area contributed by atoms with Crippen LogP contribution >= 0.6 is 0 Å². The number of carbonyl (C=O) groups excluding carboxylic acids is 1. The van der Waals surface area contributed by atoms with Gasteiger partial charge in [0, 0.05) is 0 Å². The second-order valence-corrected chi connectivity index (χ2v) is 4.56. The van der Waals surface area contributed by atoms with Gasteiger partial charge in [0.05, 0.1) is 6.61 Å². The molecule has 0 saturated heterocycles. The molecule has 2 N–H and O–H groups in total. The summed E-state index contributed by atoms with van der Waals surface area (Å²) in [5.74, 6) is -10.1. The molecule has 0 aliphatic heterocycles. The van der Waals surface area contributed by atoms with E-state index in [1.807, 2.05) is 6.92 Å². The van der Waals surface area contributed by atoms with Crippen LogP contribution in [0.1, 0.15) is 49.4 Å². The van der Waals surface area contributed by atoms with Gasteiger partial charge in [-0.25, -0.2) is 13.6 Å². The van der Waals surface area contributed by atoms with Crippen LogP contribution in [0.2, 0.25) is 0 Å². The number of aromatic hydroxyl groups is 2. The van der Waals surface area contributed by atoms with Crippen molar-refractivity contribution in [1.29, 1.82) is 0 Å². The van der Waals surface area contributed by atoms with Crippen molar-refractivity contribution in [3.63, 3.8) is 0 Å². The van der Waals surface area contributed by atoms with E-state index >= 15 is 0 Å². The minimum atomic E-state index is -2.04. The number of ether oxygens (including phenoxy) is 1. The predicted molar refractivity (Wildman–Crippen MR) is 68.7 cm³/mol. The molecule has 0 amide bonds. The Bertz CT molecular complexity index is 488. The highest BCUT2D eigenvalue weighted by Gasteiger charge is 2.29. The molecule has 0 aliphatic carbocycles. The van der Waals surface area contributed by atoms with E-state index < -0.39 is 40.5 Å². The monoisotopic (exact) mass is 306 g/mol. The summed E-state index contributed by atoms with van der Waals surface area (Å²) < 4.78 is 44.2. The first-order chi connectivity index (χ1) is 9.91. The number of phenolic OH excluding ortho intramolecular Hbond substituents is 2. The van der Waals surface area contributed by atoms with Crippen molar-refractivity contribution >= 4 is 5.97 Å². The third kappa shape index (κ3) is 4.03. The van der Waals surface area contributed by atoms with Crippen LogP contribution in [-0.2, 0) is 4.74 Å². The molecule has 0 aromatic heterocycles. The third-order valence-corrected chi connectivity index (χ3v) is 2.96. The van der Waals surface area contributed by atoms with Crippen molar-refractivity contribution in [3.05, 3.63) is 23.0 Å². The lowest BCUT2D eigenvalue weighted by atomic mass is 10.1. The molecule has 118 valence electrons.